The van der Waals surface area contributed by atoms with Gasteiger partial charge in [-0.05, 0) is 53.0 Å². The van der Waals surface area contributed by atoms with Gasteiger partial charge in [-0.25, -0.2) is 9.97 Å². The Balaban J connectivity index is 1.92. The molecule has 0 fully saturated rings. The molecule has 3 rings (SSSR count). The summed E-state index contributed by atoms with van der Waals surface area (Å²) in [6.45, 7) is 12.8. The third kappa shape index (κ3) is 6.43. The van der Waals surface area contributed by atoms with Gasteiger partial charge in [-0.1, -0.05) is 13.3 Å². The molecule has 0 radical (unpaired) electrons. The summed E-state index contributed by atoms with van der Waals surface area (Å²) >= 11 is 1.58. The van der Waals surface area contributed by atoms with Crippen LogP contribution in [0.5, 0.6) is 0 Å². The van der Waals surface area contributed by atoms with Crippen LogP contribution in [0, 0.1) is 19.8 Å². The number of aliphatic hydroxyl groups excluding tert-OH is 1. The van der Waals surface area contributed by atoms with Crippen LogP contribution in [0.25, 0.3) is 20.8 Å². The number of rotatable bonds is 10. The number of likely N-dealkylation sites (N-methyl/N-ethyl adjacent to an activating group) is 1. The number of aromatic nitrogens is 4. The monoisotopic (exact) mass is 499 g/mol. The Hall–Kier alpha value is -2.85. The van der Waals surface area contributed by atoms with Crippen molar-refractivity contribution in [1.82, 2.24) is 24.8 Å². The zero-order valence-electron chi connectivity index (χ0n) is 21.8. The molecule has 1 amide bonds. The first-order valence-electron chi connectivity index (χ1n) is 12.0. The fourth-order valence-electron chi connectivity index (χ4n) is 3.59. The Morgan fingerprint density at radius 1 is 1.17 bits per heavy atom. The highest BCUT2D eigenvalue weighted by Gasteiger charge is 2.23. The molecule has 0 aromatic carbocycles. The van der Waals surface area contributed by atoms with Gasteiger partial charge in [0.1, 0.15) is 16.3 Å². The molecule has 0 saturated heterocycles. The molecule has 35 heavy (non-hydrogen) atoms. The number of thiazole rings is 1. The van der Waals surface area contributed by atoms with Crippen LogP contribution in [-0.2, 0) is 4.79 Å². The molecule has 0 bridgehead atoms. The lowest BCUT2D eigenvalue weighted by Crippen LogP contribution is -2.45. The highest BCUT2D eigenvalue weighted by Crippen LogP contribution is 2.36. The summed E-state index contributed by atoms with van der Waals surface area (Å²) in [6.07, 6.45) is 3.52. The minimum absolute atomic E-state index is 0.0415. The van der Waals surface area contributed by atoms with Gasteiger partial charge in [0, 0.05) is 31.9 Å². The molecule has 3 aromatic heterocycles. The van der Waals surface area contributed by atoms with Crippen LogP contribution in [0.2, 0.25) is 0 Å². The van der Waals surface area contributed by atoms with E-state index in [0.29, 0.717) is 18.3 Å². The first kappa shape index (κ1) is 26.7. The summed E-state index contributed by atoms with van der Waals surface area (Å²) in [7, 11) is 1.79. The van der Waals surface area contributed by atoms with E-state index in [4.69, 9.17) is 9.97 Å². The van der Waals surface area contributed by atoms with Crippen LogP contribution in [0.15, 0.2) is 12.3 Å². The van der Waals surface area contributed by atoms with Gasteiger partial charge in [-0.15, -0.1) is 11.3 Å². The van der Waals surface area contributed by atoms with Crippen molar-refractivity contribution in [2.45, 2.75) is 59.9 Å². The number of hydrogen-bond donors (Lipinski definition) is 3. The molecular weight excluding hydrogens is 462 g/mol. The van der Waals surface area contributed by atoms with Gasteiger partial charge in [0.25, 0.3) is 0 Å². The number of anilines is 2. The van der Waals surface area contributed by atoms with Crippen LogP contribution in [0.3, 0.4) is 0 Å². The van der Waals surface area contributed by atoms with Crippen molar-refractivity contribution < 1.29 is 9.90 Å². The van der Waals surface area contributed by atoms with Gasteiger partial charge in [0.2, 0.25) is 11.9 Å². The standard InChI is InChI=1S/C25H37N7O2S/c1-8-17(14-33)9-11-27-22-20(23-30-21-16(3)26-12-10-18(21)35-23)15(2)29-24(31-22)28-13-19(34)32(7)25(4,5)6/h10,12,17,33H,8-9,11,13-14H2,1-7H3,(H2,27,28,29,31). The molecule has 1 unspecified atom stereocenters. The Morgan fingerprint density at radius 2 is 1.91 bits per heavy atom. The minimum atomic E-state index is -0.269. The minimum Gasteiger partial charge on any atom is -0.396 e. The van der Waals surface area contributed by atoms with Crippen LogP contribution >= 0.6 is 11.3 Å². The second-order valence-corrected chi connectivity index (χ2v) is 10.8. The fourth-order valence-corrected chi connectivity index (χ4v) is 4.70. The molecule has 0 aliphatic carbocycles. The number of nitrogens with one attached hydrogen (secondary N) is 2. The number of amides is 1. The van der Waals surface area contributed by atoms with E-state index in [1.54, 1.807) is 29.5 Å². The first-order chi connectivity index (χ1) is 16.5. The van der Waals surface area contributed by atoms with Crippen molar-refractivity contribution in [2.75, 3.05) is 37.4 Å². The molecule has 0 spiro atoms. The van der Waals surface area contributed by atoms with E-state index < -0.39 is 0 Å². The normalized spacial score (nSPS) is 12.6. The Labute approximate surface area is 211 Å². The van der Waals surface area contributed by atoms with Crippen molar-refractivity contribution in [3.63, 3.8) is 0 Å². The number of carbonyl (C=O) groups excluding carboxylic acids is 1. The Bertz CT molecular complexity index is 1170. The first-order valence-corrected chi connectivity index (χ1v) is 12.8. The van der Waals surface area contributed by atoms with E-state index in [2.05, 4.69) is 27.5 Å². The fraction of sp³-hybridized carbons (Fsp3) is 0.560. The van der Waals surface area contributed by atoms with Gasteiger partial charge >= 0.3 is 0 Å². The largest absolute Gasteiger partial charge is 0.396 e. The van der Waals surface area contributed by atoms with Crippen molar-refractivity contribution in [3.8, 4) is 10.6 Å². The average Bonchev–Trinajstić information content (AvgIpc) is 3.24. The topological polar surface area (TPSA) is 116 Å². The van der Waals surface area contributed by atoms with E-state index in [9.17, 15) is 9.90 Å². The molecule has 0 saturated carbocycles. The number of carbonyl (C=O) groups is 1. The molecule has 10 heteroatoms. The van der Waals surface area contributed by atoms with Crippen molar-refractivity contribution in [3.05, 3.63) is 23.7 Å². The van der Waals surface area contributed by atoms with Crippen LogP contribution in [0.1, 0.15) is 51.9 Å². The SMILES string of the molecule is CCC(CO)CCNc1nc(NCC(=O)N(C)C(C)(C)C)nc(C)c1-c1nc2c(C)nccc2s1. The lowest BCUT2D eigenvalue weighted by Gasteiger charge is -2.32. The number of aryl methyl sites for hydroxylation is 2. The van der Waals surface area contributed by atoms with Crippen LogP contribution in [-0.4, -0.2) is 68.1 Å². The number of hydrogen-bond acceptors (Lipinski definition) is 9. The van der Waals surface area contributed by atoms with Gasteiger partial charge in [-0.2, -0.15) is 4.98 Å². The number of nitrogens with zero attached hydrogens (tertiary/aromatic N) is 5. The maximum atomic E-state index is 12.6. The third-order valence-corrected chi connectivity index (χ3v) is 7.29. The highest BCUT2D eigenvalue weighted by molar-refractivity contribution is 7.21. The lowest BCUT2D eigenvalue weighted by atomic mass is 10.0. The van der Waals surface area contributed by atoms with E-state index in [-0.39, 0.29) is 30.5 Å². The maximum Gasteiger partial charge on any atom is 0.242 e. The summed E-state index contributed by atoms with van der Waals surface area (Å²) in [5, 5.41) is 16.9. The summed E-state index contributed by atoms with van der Waals surface area (Å²) in [4.78, 5) is 32.9. The van der Waals surface area contributed by atoms with E-state index in [0.717, 1.165) is 45.0 Å². The second kappa shape index (κ2) is 11.3. The summed E-state index contributed by atoms with van der Waals surface area (Å²) < 4.78 is 1.06. The van der Waals surface area contributed by atoms with Crippen molar-refractivity contribution in [2.24, 2.45) is 5.92 Å². The molecule has 0 aliphatic rings. The zero-order chi connectivity index (χ0) is 25.8. The van der Waals surface area contributed by atoms with Gasteiger partial charge in [0.15, 0.2) is 0 Å². The number of fused-ring (bicyclic) bond motifs is 1. The predicted octanol–water partition coefficient (Wildman–Crippen LogP) is 4.25. The molecule has 0 aliphatic heterocycles. The quantitative estimate of drug-likeness (QED) is 0.379. The van der Waals surface area contributed by atoms with Gasteiger partial charge in [-0.3, -0.25) is 9.78 Å². The molecular formula is C25H37N7O2S. The van der Waals surface area contributed by atoms with E-state index in [1.807, 2.05) is 40.7 Å². The van der Waals surface area contributed by atoms with Gasteiger partial charge < -0.3 is 20.6 Å². The molecule has 1 atom stereocenters. The van der Waals surface area contributed by atoms with Crippen molar-refractivity contribution in [1.29, 1.82) is 0 Å². The van der Waals surface area contributed by atoms with Crippen molar-refractivity contribution >= 4 is 39.2 Å². The summed E-state index contributed by atoms with van der Waals surface area (Å²) in [5.74, 6) is 1.24. The van der Waals surface area contributed by atoms with Gasteiger partial charge in [0.05, 0.1) is 28.2 Å². The number of pyridine rings is 1. The zero-order valence-corrected chi connectivity index (χ0v) is 22.6. The molecule has 3 aromatic rings. The average molecular weight is 500 g/mol. The smallest absolute Gasteiger partial charge is 0.242 e. The summed E-state index contributed by atoms with van der Waals surface area (Å²) in [6, 6.07) is 1.97. The van der Waals surface area contributed by atoms with Crippen LogP contribution in [0.4, 0.5) is 11.8 Å². The summed E-state index contributed by atoms with van der Waals surface area (Å²) in [5.41, 5.74) is 3.09. The third-order valence-electron chi connectivity index (χ3n) is 6.25. The highest BCUT2D eigenvalue weighted by atomic mass is 32.1. The second-order valence-electron chi connectivity index (χ2n) is 9.77. The number of aliphatic hydroxyl groups is 1. The molecule has 9 nitrogen and oxygen atoms in total. The Kier molecular flexibility index (Phi) is 8.60. The maximum absolute atomic E-state index is 12.6. The Morgan fingerprint density at radius 3 is 2.54 bits per heavy atom. The molecule has 190 valence electrons. The molecule has 3 heterocycles. The predicted molar refractivity (Wildman–Crippen MR) is 143 cm³/mol. The van der Waals surface area contributed by atoms with E-state index >= 15 is 0 Å². The lowest BCUT2D eigenvalue weighted by molar-refractivity contribution is -0.132. The van der Waals surface area contributed by atoms with E-state index in [1.165, 1.54) is 0 Å². The molecule has 3 N–H and O–H groups in total. The van der Waals surface area contributed by atoms with Crippen LogP contribution < -0.4 is 10.6 Å².